The quantitative estimate of drug-likeness (QED) is 0.667. The molecule has 0 aromatic heterocycles. The summed E-state index contributed by atoms with van der Waals surface area (Å²) in [4.78, 5) is 11.8. The number of hydrogen-bond acceptors (Lipinski definition) is 4. The maximum Gasteiger partial charge on any atom is 0.227 e. The van der Waals surface area contributed by atoms with Gasteiger partial charge < -0.3 is 5.32 Å². The van der Waals surface area contributed by atoms with Crippen molar-refractivity contribution in [2.45, 2.75) is 25.2 Å². The Labute approximate surface area is 103 Å². The van der Waals surface area contributed by atoms with Gasteiger partial charge in [-0.05, 0) is 30.7 Å². The molecule has 0 saturated carbocycles. The second-order valence-corrected chi connectivity index (χ2v) is 5.57. The highest BCUT2D eigenvalue weighted by Gasteiger charge is 2.12. The SMILES string of the molecule is CCC(C)C(=O)Nc1ccc(S(N)(O)O)cc1. The summed E-state index contributed by atoms with van der Waals surface area (Å²) in [6, 6.07) is 6.16. The molecule has 5 nitrogen and oxygen atoms in total. The molecule has 0 heterocycles. The Balaban J connectivity index is 2.73. The molecule has 1 rings (SSSR count). The second kappa shape index (κ2) is 5.50. The zero-order valence-corrected chi connectivity index (χ0v) is 10.7. The molecule has 0 aliphatic carbocycles. The fraction of sp³-hybridized carbons (Fsp3) is 0.364. The van der Waals surface area contributed by atoms with E-state index in [4.69, 9.17) is 5.14 Å². The van der Waals surface area contributed by atoms with Gasteiger partial charge in [-0.15, -0.1) is 10.8 Å². The minimum absolute atomic E-state index is 0.0513. The van der Waals surface area contributed by atoms with Gasteiger partial charge in [-0.3, -0.25) is 13.9 Å². The van der Waals surface area contributed by atoms with Gasteiger partial charge in [0.25, 0.3) is 0 Å². The van der Waals surface area contributed by atoms with Gasteiger partial charge in [0, 0.05) is 11.6 Å². The molecule has 1 aromatic rings. The highest BCUT2D eigenvalue weighted by molar-refractivity contribution is 8.22. The van der Waals surface area contributed by atoms with Crippen LogP contribution >= 0.6 is 10.8 Å². The molecule has 5 N–H and O–H groups in total. The lowest BCUT2D eigenvalue weighted by molar-refractivity contribution is -0.119. The van der Waals surface area contributed by atoms with E-state index in [0.717, 1.165) is 6.42 Å². The monoisotopic (exact) mass is 258 g/mol. The van der Waals surface area contributed by atoms with Crippen molar-refractivity contribution in [3.8, 4) is 0 Å². The Morgan fingerprint density at radius 3 is 2.35 bits per heavy atom. The first-order valence-electron chi connectivity index (χ1n) is 5.31. The predicted molar refractivity (Wildman–Crippen MR) is 69.8 cm³/mol. The van der Waals surface area contributed by atoms with Crippen molar-refractivity contribution in [2.75, 3.05) is 5.32 Å². The van der Waals surface area contributed by atoms with Gasteiger partial charge in [-0.2, -0.15) is 0 Å². The van der Waals surface area contributed by atoms with Gasteiger partial charge in [0.05, 0.1) is 4.90 Å². The van der Waals surface area contributed by atoms with Crippen LogP contribution in [0.1, 0.15) is 20.3 Å². The van der Waals surface area contributed by atoms with E-state index in [0.29, 0.717) is 5.69 Å². The molecule has 0 bridgehead atoms. The molecule has 96 valence electrons. The lowest BCUT2D eigenvalue weighted by Crippen LogP contribution is -2.19. The zero-order chi connectivity index (χ0) is 13.1. The van der Waals surface area contributed by atoms with Crippen molar-refractivity contribution in [3.63, 3.8) is 0 Å². The van der Waals surface area contributed by atoms with Crippen molar-refractivity contribution < 1.29 is 13.9 Å². The van der Waals surface area contributed by atoms with Gasteiger partial charge in [0.2, 0.25) is 5.91 Å². The van der Waals surface area contributed by atoms with E-state index in [2.05, 4.69) is 5.32 Å². The molecule has 1 atom stereocenters. The first-order chi connectivity index (χ1) is 7.84. The van der Waals surface area contributed by atoms with Crippen molar-refractivity contribution in [1.82, 2.24) is 0 Å². The number of anilines is 1. The molecule has 1 unspecified atom stereocenters. The number of rotatable bonds is 4. The minimum Gasteiger partial charge on any atom is -0.326 e. The third kappa shape index (κ3) is 4.01. The Kier molecular flexibility index (Phi) is 4.53. The summed E-state index contributed by atoms with van der Waals surface area (Å²) in [5, 5.41) is 7.92. The number of benzene rings is 1. The number of nitrogens with one attached hydrogen (secondary N) is 1. The van der Waals surface area contributed by atoms with Crippen LogP contribution in [0.25, 0.3) is 0 Å². The molecule has 17 heavy (non-hydrogen) atoms. The van der Waals surface area contributed by atoms with Gasteiger partial charge in [-0.1, -0.05) is 13.8 Å². The molecule has 6 heteroatoms. The number of amides is 1. The Morgan fingerprint density at radius 2 is 1.94 bits per heavy atom. The van der Waals surface area contributed by atoms with Crippen molar-refractivity contribution in [2.24, 2.45) is 11.1 Å². The third-order valence-corrected chi connectivity index (χ3v) is 3.49. The van der Waals surface area contributed by atoms with E-state index >= 15 is 0 Å². The Morgan fingerprint density at radius 1 is 1.41 bits per heavy atom. The maximum absolute atomic E-state index is 11.6. The lowest BCUT2D eigenvalue weighted by atomic mass is 10.1. The second-order valence-electron chi connectivity index (χ2n) is 3.92. The van der Waals surface area contributed by atoms with E-state index in [9.17, 15) is 13.9 Å². The maximum atomic E-state index is 11.6. The van der Waals surface area contributed by atoms with Crippen LogP contribution in [0.2, 0.25) is 0 Å². The lowest BCUT2D eigenvalue weighted by Gasteiger charge is -2.26. The van der Waals surface area contributed by atoms with Crippen molar-refractivity contribution >= 4 is 22.4 Å². The first kappa shape index (κ1) is 14.0. The molecular formula is C11H18N2O3S. The molecule has 0 aliphatic rings. The standard InChI is InChI=1S/C11H18N2O3S/c1-3-8(2)11(14)13-9-4-6-10(7-5-9)17(12,15)16/h4-8,15-16H,3,12H2,1-2H3,(H,13,14). The molecule has 0 fully saturated rings. The van der Waals surface area contributed by atoms with Gasteiger partial charge in [-0.25, -0.2) is 5.14 Å². The van der Waals surface area contributed by atoms with Crippen LogP contribution < -0.4 is 10.5 Å². The molecule has 0 spiro atoms. The Bertz CT molecular complexity index is 387. The summed E-state index contributed by atoms with van der Waals surface area (Å²) >= 11 is 0. The van der Waals surface area contributed by atoms with E-state index < -0.39 is 10.8 Å². The number of hydrogen-bond donors (Lipinski definition) is 4. The van der Waals surface area contributed by atoms with Gasteiger partial charge in [0.1, 0.15) is 0 Å². The summed E-state index contributed by atoms with van der Waals surface area (Å²) in [6.07, 6.45) is 0.771. The summed E-state index contributed by atoms with van der Waals surface area (Å²) in [5.74, 6) is -0.107. The summed E-state index contributed by atoms with van der Waals surface area (Å²) in [7, 11) is -3.18. The third-order valence-electron chi connectivity index (χ3n) is 2.53. The van der Waals surface area contributed by atoms with E-state index in [-0.39, 0.29) is 16.7 Å². The first-order valence-corrected chi connectivity index (χ1v) is 6.92. The van der Waals surface area contributed by atoms with Crippen LogP contribution in [0, 0.1) is 5.92 Å². The number of carbonyl (C=O) groups excluding carboxylic acids is 1. The summed E-state index contributed by atoms with van der Waals surface area (Å²) in [5.41, 5.74) is 0.614. The largest absolute Gasteiger partial charge is 0.326 e. The van der Waals surface area contributed by atoms with Crippen LogP contribution in [0.5, 0.6) is 0 Å². The average molecular weight is 258 g/mol. The molecule has 0 saturated heterocycles. The molecule has 0 aliphatic heterocycles. The zero-order valence-electron chi connectivity index (χ0n) is 9.88. The molecule has 1 aromatic carbocycles. The Hall–Kier alpha value is -1.08. The highest BCUT2D eigenvalue weighted by Crippen LogP contribution is 2.39. The highest BCUT2D eigenvalue weighted by atomic mass is 32.3. The van der Waals surface area contributed by atoms with Gasteiger partial charge >= 0.3 is 0 Å². The fourth-order valence-corrected chi connectivity index (χ4v) is 1.73. The minimum atomic E-state index is -3.18. The molecule has 1 amide bonds. The van der Waals surface area contributed by atoms with Crippen molar-refractivity contribution in [3.05, 3.63) is 24.3 Å². The molecule has 0 radical (unpaired) electrons. The average Bonchev–Trinajstić information content (AvgIpc) is 2.27. The normalized spacial score (nSPS) is 14.2. The van der Waals surface area contributed by atoms with Crippen LogP contribution in [-0.2, 0) is 4.79 Å². The number of carbonyl (C=O) groups is 1. The summed E-state index contributed by atoms with van der Waals surface area (Å²) < 4.78 is 18.4. The number of nitrogens with two attached hydrogens (primary N) is 1. The summed E-state index contributed by atoms with van der Waals surface area (Å²) in [6.45, 7) is 3.79. The van der Waals surface area contributed by atoms with Crippen LogP contribution in [0.15, 0.2) is 29.2 Å². The van der Waals surface area contributed by atoms with Gasteiger partial charge in [0.15, 0.2) is 0 Å². The predicted octanol–water partition coefficient (Wildman–Crippen LogP) is 2.65. The fourth-order valence-electron chi connectivity index (χ4n) is 1.19. The topological polar surface area (TPSA) is 95.6 Å². The van der Waals surface area contributed by atoms with E-state index in [1.54, 1.807) is 12.1 Å². The van der Waals surface area contributed by atoms with E-state index in [1.807, 2.05) is 13.8 Å². The molecular weight excluding hydrogens is 240 g/mol. The van der Waals surface area contributed by atoms with Crippen LogP contribution in [0.3, 0.4) is 0 Å². The van der Waals surface area contributed by atoms with Crippen molar-refractivity contribution in [1.29, 1.82) is 0 Å². The van der Waals surface area contributed by atoms with Crippen LogP contribution in [0.4, 0.5) is 5.69 Å². The van der Waals surface area contributed by atoms with Crippen LogP contribution in [-0.4, -0.2) is 15.0 Å². The van der Waals surface area contributed by atoms with E-state index in [1.165, 1.54) is 12.1 Å². The smallest absolute Gasteiger partial charge is 0.227 e.